The van der Waals surface area contributed by atoms with Gasteiger partial charge in [-0.15, -0.1) is 11.8 Å². The summed E-state index contributed by atoms with van der Waals surface area (Å²) in [5.41, 5.74) is 2.89. The molecule has 150 valence electrons. The number of quaternary nitrogens is 1. The topological polar surface area (TPSA) is 33.5 Å². The lowest BCUT2D eigenvalue weighted by Gasteiger charge is -2.29. The van der Waals surface area contributed by atoms with Crippen molar-refractivity contribution in [3.63, 3.8) is 0 Å². The van der Waals surface area contributed by atoms with Crippen LogP contribution in [0.3, 0.4) is 0 Å². The van der Waals surface area contributed by atoms with Gasteiger partial charge in [0.05, 0.1) is 18.8 Å². The Morgan fingerprint density at radius 1 is 1.04 bits per heavy atom. The van der Waals surface area contributed by atoms with Crippen molar-refractivity contribution < 1.29 is 9.69 Å². The van der Waals surface area contributed by atoms with Crippen molar-refractivity contribution in [1.82, 2.24) is 5.32 Å². The second-order valence-corrected chi connectivity index (χ2v) is 9.87. The zero-order valence-electron chi connectivity index (χ0n) is 17.3. The molecule has 0 aromatic heterocycles. The van der Waals surface area contributed by atoms with E-state index >= 15 is 0 Å². The number of hydrogen-bond acceptors (Lipinski definition) is 2. The summed E-state index contributed by atoms with van der Waals surface area (Å²) in [5.74, 6) is 0.646. The van der Waals surface area contributed by atoms with Crippen LogP contribution in [0.1, 0.15) is 44.7 Å². The van der Waals surface area contributed by atoms with Gasteiger partial charge in [0.2, 0.25) is 5.91 Å². The van der Waals surface area contributed by atoms with Crippen molar-refractivity contribution in [3.05, 3.63) is 65.7 Å². The molecule has 2 aromatic carbocycles. The number of rotatable bonds is 6. The van der Waals surface area contributed by atoms with Gasteiger partial charge in [0.25, 0.3) is 0 Å². The highest BCUT2D eigenvalue weighted by Gasteiger charge is 2.23. The number of thioether (sulfide) groups is 1. The van der Waals surface area contributed by atoms with Crippen LogP contribution in [-0.4, -0.2) is 30.8 Å². The summed E-state index contributed by atoms with van der Waals surface area (Å²) in [6.45, 7) is 9.99. The molecule has 0 radical (unpaired) electrons. The predicted octanol–water partition coefficient (Wildman–Crippen LogP) is 3.44. The van der Waals surface area contributed by atoms with E-state index in [1.54, 1.807) is 16.7 Å². The summed E-state index contributed by atoms with van der Waals surface area (Å²) in [7, 11) is 0. The van der Waals surface area contributed by atoms with Crippen molar-refractivity contribution in [3.8, 4) is 0 Å². The number of piperidine rings is 1. The van der Waals surface area contributed by atoms with E-state index in [0.29, 0.717) is 11.8 Å². The first-order valence-corrected chi connectivity index (χ1v) is 11.3. The Balaban J connectivity index is 1.37. The van der Waals surface area contributed by atoms with E-state index in [0.717, 1.165) is 37.4 Å². The summed E-state index contributed by atoms with van der Waals surface area (Å²) in [5, 5.41) is 3.24. The highest BCUT2D eigenvalue weighted by Crippen LogP contribution is 2.25. The van der Waals surface area contributed by atoms with E-state index in [-0.39, 0.29) is 11.3 Å². The SMILES string of the molecule is CC(C)(C)c1ccc(SCC(=O)NC2CC[NH+](Cc3ccccc3)CC2)cc1. The summed E-state index contributed by atoms with van der Waals surface area (Å²) < 4.78 is 0. The molecule has 1 amide bonds. The highest BCUT2D eigenvalue weighted by molar-refractivity contribution is 8.00. The number of carbonyl (C=O) groups excluding carboxylic acids is 1. The minimum Gasteiger partial charge on any atom is -0.352 e. The molecule has 2 N–H and O–H groups in total. The lowest BCUT2D eigenvalue weighted by molar-refractivity contribution is -0.918. The molecule has 1 saturated heterocycles. The minimum absolute atomic E-state index is 0.154. The molecule has 3 nitrogen and oxygen atoms in total. The first kappa shape index (κ1) is 20.9. The third-order valence-electron chi connectivity index (χ3n) is 5.45. The summed E-state index contributed by atoms with van der Waals surface area (Å²) in [4.78, 5) is 15.1. The fraction of sp³-hybridized carbons (Fsp3) is 0.458. The van der Waals surface area contributed by atoms with E-state index in [2.05, 4.69) is 80.7 Å². The Bertz CT molecular complexity index is 744. The first-order valence-electron chi connectivity index (χ1n) is 10.3. The summed E-state index contributed by atoms with van der Waals surface area (Å²) in [6.07, 6.45) is 2.14. The Morgan fingerprint density at radius 2 is 1.68 bits per heavy atom. The standard InChI is InChI=1S/C24H32N2OS/c1-24(2,3)20-9-11-22(12-10-20)28-18-23(27)25-21-13-15-26(16-14-21)17-19-7-5-4-6-8-19/h4-12,21H,13-18H2,1-3H3,(H,25,27)/p+1. The van der Waals surface area contributed by atoms with Gasteiger partial charge in [-0.05, 0) is 23.1 Å². The van der Waals surface area contributed by atoms with Crippen molar-refractivity contribution in [2.75, 3.05) is 18.8 Å². The normalized spacial score (nSPS) is 20.0. The molecule has 1 aliphatic rings. The zero-order chi connectivity index (χ0) is 20.0. The predicted molar refractivity (Wildman–Crippen MR) is 118 cm³/mol. The molecule has 1 fully saturated rings. The maximum Gasteiger partial charge on any atom is 0.230 e. The van der Waals surface area contributed by atoms with E-state index in [4.69, 9.17) is 0 Å². The van der Waals surface area contributed by atoms with E-state index in [1.807, 2.05) is 0 Å². The van der Waals surface area contributed by atoms with Crippen LogP contribution in [0.5, 0.6) is 0 Å². The number of amides is 1. The summed E-state index contributed by atoms with van der Waals surface area (Å²) in [6, 6.07) is 19.6. The smallest absolute Gasteiger partial charge is 0.230 e. The lowest BCUT2D eigenvalue weighted by Crippen LogP contribution is -3.12. The van der Waals surface area contributed by atoms with Crippen LogP contribution in [0, 0.1) is 0 Å². The minimum atomic E-state index is 0.154. The number of likely N-dealkylation sites (tertiary alicyclic amines) is 1. The summed E-state index contributed by atoms with van der Waals surface area (Å²) >= 11 is 1.62. The number of carbonyl (C=O) groups is 1. The molecule has 0 aliphatic carbocycles. The van der Waals surface area contributed by atoms with Gasteiger partial charge in [0.15, 0.2) is 0 Å². The quantitative estimate of drug-likeness (QED) is 0.732. The molecule has 28 heavy (non-hydrogen) atoms. The first-order chi connectivity index (χ1) is 13.4. The molecule has 1 heterocycles. The average Bonchev–Trinajstić information content (AvgIpc) is 2.68. The van der Waals surface area contributed by atoms with E-state index in [1.165, 1.54) is 11.1 Å². The van der Waals surface area contributed by atoms with Crippen LogP contribution in [-0.2, 0) is 16.8 Å². The van der Waals surface area contributed by atoms with Crippen LogP contribution >= 0.6 is 11.8 Å². The average molecular weight is 398 g/mol. The van der Waals surface area contributed by atoms with Gasteiger partial charge in [-0.25, -0.2) is 0 Å². The molecule has 0 bridgehead atoms. The van der Waals surface area contributed by atoms with Crippen molar-refractivity contribution >= 4 is 17.7 Å². The molecule has 3 rings (SSSR count). The van der Waals surface area contributed by atoms with Crippen molar-refractivity contribution in [2.24, 2.45) is 0 Å². The van der Waals surface area contributed by atoms with Gasteiger partial charge in [-0.2, -0.15) is 0 Å². The number of hydrogen-bond donors (Lipinski definition) is 2. The molecule has 0 saturated carbocycles. The molecule has 0 atom stereocenters. The second kappa shape index (κ2) is 9.62. The van der Waals surface area contributed by atoms with Gasteiger partial charge in [0.1, 0.15) is 6.54 Å². The Kier molecular flexibility index (Phi) is 7.19. The van der Waals surface area contributed by atoms with E-state index < -0.39 is 0 Å². The second-order valence-electron chi connectivity index (χ2n) is 8.82. The maximum atomic E-state index is 12.3. The third-order valence-corrected chi connectivity index (χ3v) is 6.46. The number of nitrogens with one attached hydrogen (secondary N) is 2. The molecule has 4 heteroatoms. The number of benzene rings is 2. The zero-order valence-corrected chi connectivity index (χ0v) is 18.1. The Morgan fingerprint density at radius 3 is 2.29 bits per heavy atom. The molecular formula is C24H33N2OS+. The molecule has 1 aliphatic heterocycles. The van der Waals surface area contributed by atoms with Gasteiger partial charge in [-0.3, -0.25) is 4.79 Å². The van der Waals surface area contributed by atoms with Crippen LogP contribution in [0.2, 0.25) is 0 Å². The Hall–Kier alpha value is -1.78. The van der Waals surface area contributed by atoms with Crippen LogP contribution in [0.15, 0.2) is 59.5 Å². The van der Waals surface area contributed by atoms with Gasteiger partial charge >= 0.3 is 0 Å². The fourth-order valence-corrected chi connectivity index (χ4v) is 4.41. The van der Waals surface area contributed by atoms with Crippen molar-refractivity contribution in [1.29, 1.82) is 0 Å². The molecule has 0 unspecified atom stereocenters. The van der Waals surface area contributed by atoms with E-state index in [9.17, 15) is 4.79 Å². The molecule has 0 spiro atoms. The molecular weight excluding hydrogens is 364 g/mol. The largest absolute Gasteiger partial charge is 0.352 e. The maximum absolute atomic E-state index is 12.3. The third kappa shape index (κ3) is 6.39. The van der Waals surface area contributed by atoms with Crippen LogP contribution < -0.4 is 10.2 Å². The lowest BCUT2D eigenvalue weighted by atomic mass is 9.87. The fourth-order valence-electron chi connectivity index (χ4n) is 3.70. The van der Waals surface area contributed by atoms with Gasteiger partial charge in [-0.1, -0.05) is 63.2 Å². The van der Waals surface area contributed by atoms with Gasteiger partial charge < -0.3 is 10.2 Å². The van der Waals surface area contributed by atoms with Crippen LogP contribution in [0.4, 0.5) is 0 Å². The molecule has 2 aromatic rings. The Labute approximate surface area is 173 Å². The van der Waals surface area contributed by atoms with Crippen molar-refractivity contribution in [2.45, 2.75) is 56.5 Å². The highest BCUT2D eigenvalue weighted by atomic mass is 32.2. The van der Waals surface area contributed by atoms with Crippen LogP contribution in [0.25, 0.3) is 0 Å². The monoisotopic (exact) mass is 397 g/mol. The van der Waals surface area contributed by atoms with Gasteiger partial charge in [0, 0.05) is 29.3 Å².